The van der Waals surface area contributed by atoms with Gasteiger partial charge in [-0.1, -0.05) is 6.58 Å². The molecular weight excluding hydrogens is 166 g/mol. The van der Waals surface area contributed by atoms with E-state index in [0.29, 0.717) is 6.10 Å². The van der Waals surface area contributed by atoms with Crippen molar-refractivity contribution in [2.24, 2.45) is 0 Å². The van der Waals surface area contributed by atoms with Crippen LogP contribution in [0.15, 0.2) is 12.7 Å². The third-order valence-corrected chi connectivity index (χ3v) is 2.62. The number of carbonyl (C=O) groups excluding carboxylic acids is 1. The van der Waals surface area contributed by atoms with E-state index in [1.807, 2.05) is 11.8 Å². The molecule has 0 aliphatic carbocycles. The van der Waals surface area contributed by atoms with Crippen molar-refractivity contribution < 1.29 is 9.53 Å². The Labute approximate surface area is 79.4 Å². The molecule has 13 heavy (non-hydrogen) atoms. The maximum absolute atomic E-state index is 11.3. The standard InChI is InChI=1S/C10H17NO2/c1-4-10(12)11-6-5-9(13-3)7-8(11)2/h4,8-9H,1,5-7H2,2-3H3. The highest BCUT2D eigenvalue weighted by molar-refractivity contribution is 5.87. The summed E-state index contributed by atoms with van der Waals surface area (Å²) in [6.45, 7) is 6.32. The molecular formula is C10H17NO2. The van der Waals surface area contributed by atoms with Gasteiger partial charge in [-0.25, -0.2) is 0 Å². The third-order valence-electron chi connectivity index (χ3n) is 2.62. The van der Waals surface area contributed by atoms with Crippen LogP contribution in [-0.4, -0.2) is 36.6 Å². The normalized spacial score (nSPS) is 28.6. The van der Waals surface area contributed by atoms with Gasteiger partial charge >= 0.3 is 0 Å². The Balaban J connectivity index is 2.52. The average Bonchev–Trinajstić information content (AvgIpc) is 2.16. The van der Waals surface area contributed by atoms with Crippen LogP contribution in [0, 0.1) is 0 Å². The van der Waals surface area contributed by atoms with Gasteiger partial charge < -0.3 is 9.64 Å². The summed E-state index contributed by atoms with van der Waals surface area (Å²) in [6.07, 6.45) is 3.55. The number of piperidine rings is 1. The second-order valence-electron chi connectivity index (χ2n) is 3.47. The molecule has 0 bridgehead atoms. The fraction of sp³-hybridized carbons (Fsp3) is 0.700. The number of hydrogen-bond acceptors (Lipinski definition) is 2. The number of carbonyl (C=O) groups is 1. The van der Waals surface area contributed by atoms with Crippen molar-refractivity contribution in [1.29, 1.82) is 0 Å². The average molecular weight is 183 g/mol. The first-order valence-corrected chi connectivity index (χ1v) is 4.65. The van der Waals surface area contributed by atoms with Crippen LogP contribution in [0.4, 0.5) is 0 Å². The molecule has 1 heterocycles. The van der Waals surface area contributed by atoms with Crippen molar-refractivity contribution in [2.45, 2.75) is 31.9 Å². The van der Waals surface area contributed by atoms with E-state index in [0.717, 1.165) is 19.4 Å². The molecule has 1 amide bonds. The van der Waals surface area contributed by atoms with Crippen LogP contribution in [0.1, 0.15) is 19.8 Å². The highest BCUT2D eigenvalue weighted by Crippen LogP contribution is 2.19. The molecule has 3 nitrogen and oxygen atoms in total. The van der Waals surface area contributed by atoms with Gasteiger partial charge in [0.15, 0.2) is 0 Å². The van der Waals surface area contributed by atoms with E-state index in [-0.39, 0.29) is 11.9 Å². The molecule has 0 aromatic rings. The minimum absolute atomic E-state index is 0.0297. The molecule has 3 heteroatoms. The van der Waals surface area contributed by atoms with Crippen LogP contribution < -0.4 is 0 Å². The molecule has 0 saturated carbocycles. The number of nitrogens with zero attached hydrogens (tertiary/aromatic N) is 1. The maximum Gasteiger partial charge on any atom is 0.246 e. The predicted molar refractivity (Wildman–Crippen MR) is 51.4 cm³/mol. The number of ether oxygens (including phenoxy) is 1. The summed E-state index contributed by atoms with van der Waals surface area (Å²) < 4.78 is 5.26. The third kappa shape index (κ3) is 2.31. The first kappa shape index (κ1) is 10.3. The lowest BCUT2D eigenvalue weighted by Gasteiger charge is -2.36. The fourth-order valence-electron chi connectivity index (χ4n) is 1.79. The van der Waals surface area contributed by atoms with Crippen LogP contribution in [0.2, 0.25) is 0 Å². The van der Waals surface area contributed by atoms with E-state index in [9.17, 15) is 4.79 Å². The SMILES string of the molecule is C=CC(=O)N1CCC(OC)CC1C. The van der Waals surface area contributed by atoms with E-state index >= 15 is 0 Å². The van der Waals surface area contributed by atoms with Gasteiger partial charge in [0.1, 0.15) is 0 Å². The fourth-order valence-corrected chi connectivity index (χ4v) is 1.79. The Bertz CT molecular complexity index is 203. The number of amides is 1. The zero-order valence-corrected chi connectivity index (χ0v) is 8.32. The molecule has 0 radical (unpaired) electrons. The molecule has 0 spiro atoms. The Kier molecular flexibility index (Phi) is 3.48. The van der Waals surface area contributed by atoms with Crippen LogP contribution >= 0.6 is 0 Å². The topological polar surface area (TPSA) is 29.5 Å². The van der Waals surface area contributed by atoms with Gasteiger partial charge in [0.2, 0.25) is 5.91 Å². The summed E-state index contributed by atoms with van der Waals surface area (Å²) in [7, 11) is 1.72. The number of likely N-dealkylation sites (tertiary alicyclic amines) is 1. The van der Waals surface area contributed by atoms with Crippen LogP contribution in [-0.2, 0) is 9.53 Å². The predicted octanol–water partition coefficient (Wildman–Crippen LogP) is 1.20. The molecule has 1 aliphatic rings. The molecule has 2 unspecified atom stereocenters. The van der Waals surface area contributed by atoms with Crippen molar-refractivity contribution in [3.05, 3.63) is 12.7 Å². The Morgan fingerprint density at radius 2 is 2.38 bits per heavy atom. The lowest BCUT2D eigenvalue weighted by atomic mass is 10.0. The minimum atomic E-state index is 0.0297. The zero-order valence-electron chi connectivity index (χ0n) is 8.32. The molecule has 0 N–H and O–H groups in total. The minimum Gasteiger partial charge on any atom is -0.381 e. The van der Waals surface area contributed by atoms with Gasteiger partial charge in [-0.2, -0.15) is 0 Å². The van der Waals surface area contributed by atoms with E-state index in [1.165, 1.54) is 6.08 Å². The van der Waals surface area contributed by atoms with Crippen molar-refractivity contribution in [3.63, 3.8) is 0 Å². The summed E-state index contributed by atoms with van der Waals surface area (Å²) in [5.41, 5.74) is 0. The number of rotatable bonds is 2. The van der Waals surface area contributed by atoms with E-state index in [2.05, 4.69) is 6.58 Å². The van der Waals surface area contributed by atoms with Gasteiger partial charge in [-0.05, 0) is 25.8 Å². The lowest BCUT2D eigenvalue weighted by molar-refractivity contribution is -0.131. The quantitative estimate of drug-likeness (QED) is 0.602. The summed E-state index contributed by atoms with van der Waals surface area (Å²) in [4.78, 5) is 13.2. The first-order chi connectivity index (χ1) is 6.19. The second kappa shape index (κ2) is 4.42. The van der Waals surface area contributed by atoms with Gasteiger partial charge in [0.05, 0.1) is 6.10 Å². The smallest absolute Gasteiger partial charge is 0.246 e. The van der Waals surface area contributed by atoms with Crippen LogP contribution in [0.25, 0.3) is 0 Å². The Hall–Kier alpha value is -0.830. The van der Waals surface area contributed by atoms with Gasteiger partial charge in [0.25, 0.3) is 0 Å². The van der Waals surface area contributed by atoms with Crippen molar-refractivity contribution in [2.75, 3.05) is 13.7 Å². The van der Waals surface area contributed by atoms with E-state index < -0.39 is 0 Å². The van der Waals surface area contributed by atoms with Crippen molar-refractivity contribution >= 4 is 5.91 Å². The van der Waals surface area contributed by atoms with Crippen LogP contribution in [0.5, 0.6) is 0 Å². The molecule has 0 aromatic carbocycles. The Morgan fingerprint density at radius 1 is 1.69 bits per heavy atom. The summed E-state index contributed by atoms with van der Waals surface area (Å²) in [6, 6.07) is 0.268. The molecule has 74 valence electrons. The largest absolute Gasteiger partial charge is 0.381 e. The zero-order chi connectivity index (χ0) is 9.84. The van der Waals surface area contributed by atoms with Crippen molar-refractivity contribution in [3.8, 4) is 0 Å². The van der Waals surface area contributed by atoms with Crippen LogP contribution in [0.3, 0.4) is 0 Å². The first-order valence-electron chi connectivity index (χ1n) is 4.65. The molecule has 1 fully saturated rings. The van der Waals surface area contributed by atoms with Crippen molar-refractivity contribution in [1.82, 2.24) is 4.90 Å². The van der Waals surface area contributed by atoms with E-state index in [1.54, 1.807) is 7.11 Å². The van der Waals surface area contributed by atoms with Gasteiger partial charge in [0, 0.05) is 19.7 Å². The summed E-state index contributed by atoms with van der Waals surface area (Å²) in [5.74, 6) is 0.0297. The summed E-state index contributed by atoms with van der Waals surface area (Å²) in [5, 5.41) is 0. The van der Waals surface area contributed by atoms with E-state index in [4.69, 9.17) is 4.74 Å². The molecule has 1 saturated heterocycles. The lowest BCUT2D eigenvalue weighted by Crippen LogP contribution is -2.45. The maximum atomic E-state index is 11.3. The second-order valence-corrected chi connectivity index (χ2v) is 3.47. The van der Waals surface area contributed by atoms with Gasteiger partial charge in [-0.15, -0.1) is 0 Å². The highest BCUT2D eigenvalue weighted by atomic mass is 16.5. The highest BCUT2D eigenvalue weighted by Gasteiger charge is 2.27. The van der Waals surface area contributed by atoms with Gasteiger partial charge in [-0.3, -0.25) is 4.79 Å². The molecule has 1 aliphatic heterocycles. The molecule has 0 aromatic heterocycles. The summed E-state index contributed by atoms with van der Waals surface area (Å²) >= 11 is 0. The molecule has 2 atom stereocenters. The monoisotopic (exact) mass is 183 g/mol. The molecule has 1 rings (SSSR count). The number of methoxy groups -OCH3 is 1. The number of hydrogen-bond donors (Lipinski definition) is 0. The Morgan fingerprint density at radius 3 is 2.85 bits per heavy atom.